The normalized spacial score (nSPS) is 18.4. The summed E-state index contributed by atoms with van der Waals surface area (Å²) in [6.45, 7) is 4.81. The maximum atomic E-state index is 13.3. The van der Waals surface area contributed by atoms with Gasteiger partial charge >= 0.3 is 0 Å². The Kier molecular flexibility index (Phi) is 7.30. The monoisotopic (exact) mass is 495 g/mol. The predicted octanol–water partition coefficient (Wildman–Crippen LogP) is 5.07. The maximum absolute atomic E-state index is 13.3. The van der Waals surface area contributed by atoms with Crippen LogP contribution in [0.2, 0.25) is 10.0 Å². The first-order valence-electron chi connectivity index (χ1n) is 10.9. The van der Waals surface area contributed by atoms with Gasteiger partial charge in [-0.2, -0.15) is 5.26 Å². The summed E-state index contributed by atoms with van der Waals surface area (Å²) < 4.78 is 6.26. The minimum absolute atomic E-state index is 0.0185. The van der Waals surface area contributed by atoms with Crippen LogP contribution < -0.4 is 4.74 Å². The molecule has 3 unspecified atom stereocenters. The van der Waals surface area contributed by atoms with Crippen molar-refractivity contribution in [2.24, 2.45) is 5.92 Å². The van der Waals surface area contributed by atoms with Crippen LogP contribution in [0, 0.1) is 24.2 Å². The van der Waals surface area contributed by atoms with E-state index in [1.54, 1.807) is 37.5 Å². The number of ether oxygens (including phenoxy) is 1. The zero-order valence-corrected chi connectivity index (χ0v) is 20.3. The summed E-state index contributed by atoms with van der Waals surface area (Å²) >= 11 is 12.5. The van der Waals surface area contributed by atoms with Crippen LogP contribution >= 0.6 is 23.2 Å². The van der Waals surface area contributed by atoms with Gasteiger partial charge in [-0.05, 0) is 37.1 Å². The molecule has 7 nitrogen and oxygen atoms in total. The number of aryl methyl sites for hydroxylation is 1. The van der Waals surface area contributed by atoms with Gasteiger partial charge in [0.1, 0.15) is 18.0 Å². The fourth-order valence-corrected chi connectivity index (χ4v) is 4.60. The third-order valence-corrected chi connectivity index (χ3v) is 6.81. The van der Waals surface area contributed by atoms with Gasteiger partial charge < -0.3 is 9.64 Å². The first-order chi connectivity index (χ1) is 16.4. The van der Waals surface area contributed by atoms with Crippen LogP contribution in [-0.2, 0) is 0 Å². The molecule has 1 aliphatic heterocycles. The second kappa shape index (κ2) is 10.4. The molecular formula is C25H23Cl2N5O2. The Balaban J connectivity index is 1.63. The quantitative estimate of drug-likeness (QED) is 0.473. The van der Waals surface area contributed by atoms with Crippen molar-refractivity contribution in [2.75, 3.05) is 13.1 Å². The molecule has 3 atom stereocenters. The van der Waals surface area contributed by atoms with Crippen LogP contribution in [0.4, 0.5) is 0 Å². The number of likely N-dealkylation sites (tertiary alicyclic amines) is 1. The lowest BCUT2D eigenvalue weighted by atomic mass is 9.84. The zero-order chi connectivity index (χ0) is 24.2. The van der Waals surface area contributed by atoms with E-state index in [2.05, 4.69) is 21.0 Å². The Bertz CT molecular complexity index is 1210. The molecule has 174 valence electrons. The number of hydrogen-bond acceptors (Lipinski definition) is 6. The van der Waals surface area contributed by atoms with Gasteiger partial charge in [0.15, 0.2) is 0 Å². The summed E-state index contributed by atoms with van der Waals surface area (Å²) in [5, 5.41) is 9.98. The van der Waals surface area contributed by atoms with E-state index >= 15 is 0 Å². The van der Waals surface area contributed by atoms with Crippen LogP contribution in [0.25, 0.3) is 0 Å². The molecule has 1 aromatic carbocycles. The van der Waals surface area contributed by atoms with Gasteiger partial charge in [0.05, 0.1) is 21.2 Å². The summed E-state index contributed by atoms with van der Waals surface area (Å²) in [7, 11) is 0. The van der Waals surface area contributed by atoms with E-state index in [1.807, 2.05) is 24.0 Å². The number of rotatable bonds is 6. The highest BCUT2D eigenvalue weighted by Crippen LogP contribution is 2.39. The Hall–Kier alpha value is -3.21. The van der Waals surface area contributed by atoms with E-state index in [9.17, 15) is 4.79 Å². The predicted molar refractivity (Wildman–Crippen MR) is 129 cm³/mol. The smallest absolute Gasteiger partial charge is 0.257 e. The number of carbonyl (C=O) groups excluding carboxylic acids is 1. The van der Waals surface area contributed by atoms with Crippen molar-refractivity contribution in [3.05, 3.63) is 81.5 Å². The van der Waals surface area contributed by atoms with Crippen LogP contribution in [0.5, 0.6) is 5.88 Å². The van der Waals surface area contributed by atoms with Crippen molar-refractivity contribution in [1.82, 2.24) is 19.9 Å². The fraction of sp³-hybridized carbons (Fsp3) is 0.320. The van der Waals surface area contributed by atoms with Crippen molar-refractivity contribution in [1.29, 1.82) is 5.26 Å². The number of halogens is 2. The van der Waals surface area contributed by atoms with Crippen molar-refractivity contribution in [3.63, 3.8) is 0 Å². The van der Waals surface area contributed by atoms with Gasteiger partial charge in [0, 0.05) is 49.6 Å². The molecular weight excluding hydrogens is 473 g/mol. The second-order valence-electron chi connectivity index (χ2n) is 8.23. The Morgan fingerprint density at radius 3 is 2.53 bits per heavy atom. The van der Waals surface area contributed by atoms with E-state index < -0.39 is 0 Å². The van der Waals surface area contributed by atoms with E-state index in [1.165, 1.54) is 6.20 Å². The number of nitriles is 1. The van der Waals surface area contributed by atoms with Crippen LogP contribution in [0.15, 0.2) is 48.9 Å². The third-order valence-electron chi connectivity index (χ3n) is 6.07. The first-order valence-corrected chi connectivity index (χ1v) is 11.7. The fourth-order valence-electron chi connectivity index (χ4n) is 4.30. The molecule has 34 heavy (non-hydrogen) atoms. The van der Waals surface area contributed by atoms with Crippen LogP contribution in [-0.4, -0.2) is 45.0 Å². The van der Waals surface area contributed by atoms with Gasteiger partial charge in [-0.1, -0.05) is 36.2 Å². The Labute approximate surface area is 208 Å². The minimum atomic E-state index is -0.216. The van der Waals surface area contributed by atoms with Gasteiger partial charge in [0.2, 0.25) is 5.88 Å². The molecule has 3 aromatic rings. The van der Waals surface area contributed by atoms with E-state index in [0.29, 0.717) is 52.4 Å². The van der Waals surface area contributed by atoms with Gasteiger partial charge in [-0.3, -0.25) is 4.79 Å². The molecule has 0 radical (unpaired) electrons. The zero-order valence-electron chi connectivity index (χ0n) is 18.8. The van der Waals surface area contributed by atoms with Crippen LogP contribution in [0.1, 0.15) is 46.6 Å². The Morgan fingerprint density at radius 1 is 1.15 bits per heavy atom. The molecule has 0 saturated carbocycles. The molecule has 3 heterocycles. The average Bonchev–Trinajstić information content (AvgIpc) is 3.30. The van der Waals surface area contributed by atoms with Crippen LogP contribution in [0.3, 0.4) is 0 Å². The summed E-state index contributed by atoms with van der Waals surface area (Å²) in [6.07, 6.45) is 5.09. The highest BCUT2D eigenvalue weighted by atomic mass is 35.5. The maximum Gasteiger partial charge on any atom is 0.257 e. The van der Waals surface area contributed by atoms with Crippen molar-refractivity contribution >= 4 is 29.1 Å². The summed E-state index contributed by atoms with van der Waals surface area (Å²) in [5.41, 5.74) is 1.90. The molecule has 4 rings (SSSR count). The van der Waals surface area contributed by atoms with Crippen molar-refractivity contribution in [3.8, 4) is 11.9 Å². The highest BCUT2D eigenvalue weighted by molar-refractivity contribution is 6.42. The van der Waals surface area contributed by atoms with E-state index in [0.717, 1.165) is 5.56 Å². The minimum Gasteiger partial charge on any atom is -0.474 e. The molecule has 0 N–H and O–H groups in total. The molecule has 0 aliphatic carbocycles. The van der Waals surface area contributed by atoms with Gasteiger partial charge in [-0.15, -0.1) is 0 Å². The number of amides is 1. The average molecular weight is 496 g/mol. The number of nitrogens with zero attached hydrogens (tertiary/aromatic N) is 5. The molecule has 1 fully saturated rings. The number of pyridine rings is 1. The summed E-state index contributed by atoms with van der Waals surface area (Å²) in [5.74, 6) is 0.886. The lowest BCUT2D eigenvalue weighted by Crippen LogP contribution is -2.33. The van der Waals surface area contributed by atoms with Crippen molar-refractivity contribution in [2.45, 2.75) is 32.3 Å². The largest absolute Gasteiger partial charge is 0.474 e. The first kappa shape index (κ1) is 23.9. The summed E-state index contributed by atoms with van der Waals surface area (Å²) in [6, 6.07) is 11.0. The molecule has 1 saturated heterocycles. The molecule has 1 amide bonds. The van der Waals surface area contributed by atoms with E-state index in [-0.39, 0.29) is 23.8 Å². The number of aromatic nitrogens is 3. The number of carbonyl (C=O) groups is 1. The second-order valence-corrected chi connectivity index (χ2v) is 9.05. The lowest BCUT2D eigenvalue weighted by molar-refractivity contribution is 0.0759. The SMILES string of the molecule is CCC(Oc1ccc(C#N)cn1)C1CN(C(=O)c2cnc(C)nc2)CC1c1ccc(Cl)c(Cl)c1. The van der Waals surface area contributed by atoms with Gasteiger partial charge in [0.25, 0.3) is 5.91 Å². The number of benzene rings is 1. The molecule has 0 bridgehead atoms. The number of hydrogen-bond donors (Lipinski definition) is 0. The van der Waals surface area contributed by atoms with Gasteiger partial charge in [-0.25, -0.2) is 15.0 Å². The highest BCUT2D eigenvalue weighted by Gasteiger charge is 2.41. The molecule has 0 spiro atoms. The third kappa shape index (κ3) is 5.14. The van der Waals surface area contributed by atoms with E-state index in [4.69, 9.17) is 33.2 Å². The summed E-state index contributed by atoms with van der Waals surface area (Å²) in [4.78, 5) is 27.7. The molecule has 1 aliphatic rings. The van der Waals surface area contributed by atoms with Crippen molar-refractivity contribution < 1.29 is 9.53 Å². The molecule has 2 aromatic heterocycles. The standard InChI is InChI=1S/C25H23Cl2N5O2/c1-3-23(34-24-7-4-16(9-28)10-31-24)20-14-32(25(33)18-11-29-15(2)30-12-18)13-19(20)17-5-6-21(26)22(27)8-17/h4-8,10-12,19-20,23H,3,13-14H2,1-2H3. The molecule has 9 heteroatoms. The lowest BCUT2D eigenvalue weighted by Gasteiger charge is -2.27. The Morgan fingerprint density at radius 2 is 1.91 bits per heavy atom. The topological polar surface area (TPSA) is 92.0 Å².